The predicted octanol–water partition coefficient (Wildman–Crippen LogP) is 4.19. The maximum absolute atomic E-state index is 10.8. The van der Waals surface area contributed by atoms with Crippen LogP contribution in [0, 0.1) is 17.2 Å². The van der Waals surface area contributed by atoms with Crippen LogP contribution in [0.1, 0.15) is 20.3 Å². The molecule has 12 heavy (non-hydrogen) atoms. The summed E-state index contributed by atoms with van der Waals surface area (Å²) in [5.74, 6) is 0.241. The number of halogens is 5. The second-order valence-electron chi connectivity index (χ2n) is 2.08. The van der Waals surface area contributed by atoms with Gasteiger partial charge >= 0.3 is 42.7 Å². The van der Waals surface area contributed by atoms with Crippen LogP contribution in [0.5, 0.6) is 0 Å². The van der Waals surface area contributed by atoms with Crippen molar-refractivity contribution >= 4 is 18.4 Å². The van der Waals surface area contributed by atoms with Gasteiger partial charge in [0.05, 0.1) is 6.07 Å². The molecule has 0 aliphatic rings. The van der Waals surface area contributed by atoms with E-state index in [1.54, 1.807) is 0 Å². The van der Waals surface area contributed by atoms with E-state index in [1.165, 1.54) is 0 Å². The molecule has 0 saturated carbocycles. The molecule has 0 rings (SSSR count). The number of hydrogen-bond acceptors (Lipinski definition) is 1. The zero-order valence-electron chi connectivity index (χ0n) is 6.57. The molecule has 1 atom stereocenters. The Balaban J connectivity index is 0. The summed E-state index contributed by atoms with van der Waals surface area (Å²) >= 11 is -7.36. The number of nitriles is 1. The first-order valence-electron chi connectivity index (χ1n) is 3.05. The van der Waals surface area contributed by atoms with E-state index in [-0.39, 0.29) is 5.92 Å². The topological polar surface area (TPSA) is 23.8 Å². The first-order chi connectivity index (χ1) is 5.04. The van der Waals surface area contributed by atoms with Crippen LogP contribution in [0.2, 0.25) is 0 Å². The van der Waals surface area contributed by atoms with E-state index in [1.807, 2.05) is 13.8 Å². The van der Waals surface area contributed by atoms with Gasteiger partial charge in [-0.3, -0.25) is 0 Å². The Bertz CT molecular complexity index is 155. The van der Waals surface area contributed by atoms with Gasteiger partial charge in [-0.15, -0.1) is 0 Å². The fraction of sp³-hybridized carbons (Fsp3) is 0.800. The van der Waals surface area contributed by atoms with E-state index >= 15 is 0 Å². The van der Waals surface area contributed by atoms with E-state index in [9.17, 15) is 9.07 Å². The van der Waals surface area contributed by atoms with Gasteiger partial charge < -0.3 is 0 Å². The fourth-order valence-corrected chi connectivity index (χ4v) is 0.0913. The quantitative estimate of drug-likeness (QED) is 0.657. The number of nitrogens with zero attached hydrogens (tertiary/aromatic N) is 1. The summed E-state index contributed by atoms with van der Waals surface area (Å²) in [5, 5.41) is 8.08. The van der Waals surface area contributed by atoms with Gasteiger partial charge in [0.1, 0.15) is 0 Å². The third-order valence-electron chi connectivity index (χ3n) is 0.833. The van der Waals surface area contributed by atoms with Crippen molar-refractivity contribution in [2.24, 2.45) is 5.92 Å². The molecule has 1 unspecified atom stereocenters. The molecule has 0 saturated heterocycles. The minimum absolute atomic E-state index is 0.241. The van der Waals surface area contributed by atoms with Gasteiger partial charge in [0.25, 0.3) is 0 Å². The third kappa shape index (κ3) is 46.2. The molecule has 0 N–H and O–H groups in total. The second-order valence-corrected chi connectivity index (χ2v) is 17.1. The molecular formula is C5H9Cl2F3NTa. The van der Waals surface area contributed by atoms with Gasteiger partial charge in [0, 0.05) is 5.92 Å². The molecule has 0 heterocycles. The summed E-state index contributed by atoms with van der Waals surface area (Å²) < 4.78 is 32.4. The van der Waals surface area contributed by atoms with Crippen LogP contribution in [0.3, 0.4) is 0 Å². The zero-order valence-corrected chi connectivity index (χ0v) is 11.3. The molecule has 1 nitrogen and oxygen atoms in total. The van der Waals surface area contributed by atoms with Crippen LogP contribution in [-0.2, 0) is 15.3 Å². The summed E-state index contributed by atoms with van der Waals surface area (Å²) in [6.45, 7) is 3.92. The molecule has 74 valence electrons. The van der Waals surface area contributed by atoms with Crippen molar-refractivity contribution in [3.63, 3.8) is 0 Å². The van der Waals surface area contributed by atoms with Crippen LogP contribution >= 0.6 is 18.4 Å². The molecule has 0 fully saturated rings. The SMILES string of the molecule is CCC(C)C#N.[F][Ta]([F])([F])([Cl])[Cl]. The number of rotatable bonds is 1. The van der Waals surface area contributed by atoms with Crippen molar-refractivity contribution in [3.05, 3.63) is 0 Å². The molecule has 0 amide bonds. The summed E-state index contributed by atoms with van der Waals surface area (Å²) in [6, 6.07) is 2.11. The second kappa shape index (κ2) is 5.36. The summed E-state index contributed by atoms with van der Waals surface area (Å²) in [5.41, 5.74) is 0. The van der Waals surface area contributed by atoms with E-state index in [2.05, 4.69) is 24.4 Å². The molecule has 0 aromatic rings. The van der Waals surface area contributed by atoms with Crippen LogP contribution in [0.15, 0.2) is 0 Å². The van der Waals surface area contributed by atoms with Crippen LogP contribution < -0.4 is 0 Å². The Morgan fingerprint density at radius 1 is 1.42 bits per heavy atom. The summed E-state index contributed by atoms with van der Waals surface area (Å²) in [4.78, 5) is 0. The Morgan fingerprint density at radius 3 is 1.67 bits per heavy atom. The zero-order chi connectivity index (χ0) is 10.4. The molecule has 0 aromatic carbocycles. The summed E-state index contributed by atoms with van der Waals surface area (Å²) in [6.07, 6.45) is 0.969. The number of hydrogen-bond donors (Lipinski definition) is 0. The Labute approximate surface area is 80.2 Å². The maximum atomic E-state index is 10.8. The Hall–Kier alpha value is 0.600. The molecule has 0 aliphatic carbocycles. The first kappa shape index (κ1) is 15.1. The third-order valence-corrected chi connectivity index (χ3v) is 0.833. The molecular weight excluding hydrogens is 383 g/mol. The van der Waals surface area contributed by atoms with Gasteiger partial charge in [-0.25, -0.2) is 0 Å². The monoisotopic (exact) mass is 391 g/mol. The van der Waals surface area contributed by atoms with Gasteiger partial charge in [-0.05, 0) is 13.3 Å². The average molecular weight is 392 g/mol. The molecule has 7 heteroatoms. The molecule has 0 bridgehead atoms. The van der Waals surface area contributed by atoms with Crippen molar-refractivity contribution in [1.82, 2.24) is 0 Å². The van der Waals surface area contributed by atoms with Crippen molar-refractivity contribution in [1.29, 1.82) is 5.26 Å². The minimum atomic E-state index is -7.36. The van der Waals surface area contributed by atoms with Crippen molar-refractivity contribution in [2.45, 2.75) is 20.3 Å². The molecule has 0 radical (unpaired) electrons. The van der Waals surface area contributed by atoms with E-state index in [0.717, 1.165) is 6.42 Å². The van der Waals surface area contributed by atoms with Crippen molar-refractivity contribution < 1.29 is 24.4 Å². The predicted molar refractivity (Wildman–Crippen MR) is 40.1 cm³/mol. The average Bonchev–Trinajstić information content (AvgIpc) is 1.81. The van der Waals surface area contributed by atoms with E-state index in [0.29, 0.717) is 0 Å². The van der Waals surface area contributed by atoms with Gasteiger partial charge in [0.2, 0.25) is 0 Å². The van der Waals surface area contributed by atoms with E-state index in [4.69, 9.17) is 5.26 Å². The summed E-state index contributed by atoms with van der Waals surface area (Å²) in [7, 11) is 7.53. The first-order valence-corrected chi connectivity index (χ1v) is 14.7. The normalized spacial score (nSPS) is 16.0. The van der Waals surface area contributed by atoms with Crippen LogP contribution in [0.4, 0.5) is 9.07 Å². The van der Waals surface area contributed by atoms with Crippen molar-refractivity contribution in [2.75, 3.05) is 0 Å². The molecule has 0 aromatic heterocycles. The Kier molecular flexibility index (Phi) is 6.74. The fourth-order valence-electron chi connectivity index (χ4n) is 0.0913. The van der Waals surface area contributed by atoms with Gasteiger partial charge in [0.15, 0.2) is 0 Å². The van der Waals surface area contributed by atoms with E-state index < -0.39 is 15.3 Å². The molecule has 0 spiro atoms. The van der Waals surface area contributed by atoms with Crippen molar-refractivity contribution in [3.8, 4) is 6.07 Å². The van der Waals surface area contributed by atoms with Crippen LogP contribution in [-0.4, -0.2) is 0 Å². The van der Waals surface area contributed by atoms with Gasteiger partial charge in [-0.2, -0.15) is 5.26 Å². The Morgan fingerprint density at radius 2 is 1.67 bits per heavy atom. The standard InChI is InChI=1S/C5H9N.2ClH.3FH.Ta/c1-3-5(2)4-6;;;;;;/h5H,3H2,1-2H3;5*1H;/q;;;;;;+5/p-5. The van der Waals surface area contributed by atoms with Crippen LogP contribution in [0.25, 0.3) is 0 Å². The molecule has 0 aliphatic heterocycles. The van der Waals surface area contributed by atoms with Gasteiger partial charge in [-0.1, -0.05) is 6.92 Å².